The van der Waals surface area contributed by atoms with Gasteiger partial charge in [-0.25, -0.2) is 4.98 Å². The molecule has 0 spiro atoms. The van der Waals surface area contributed by atoms with Crippen LogP contribution in [-0.4, -0.2) is 29.7 Å². The van der Waals surface area contributed by atoms with Crippen molar-refractivity contribution >= 4 is 11.7 Å². The van der Waals surface area contributed by atoms with Crippen molar-refractivity contribution in [3.05, 3.63) is 71.2 Å². The lowest BCUT2D eigenvalue weighted by molar-refractivity contribution is 0.0942. The van der Waals surface area contributed by atoms with Gasteiger partial charge in [-0.3, -0.25) is 4.79 Å². The van der Waals surface area contributed by atoms with Crippen LogP contribution in [0.4, 0.5) is 5.82 Å². The molecule has 1 aliphatic heterocycles. The molecule has 4 rings (SSSR count). The number of aromatic nitrogens is 2. The number of nitrogens with zero attached hydrogens (tertiary/aromatic N) is 2. The van der Waals surface area contributed by atoms with Crippen molar-refractivity contribution in [2.24, 2.45) is 0 Å². The Hall–Kier alpha value is -3.48. The first-order chi connectivity index (χ1) is 14.5. The van der Waals surface area contributed by atoms with Crippen molar-refractivity contribution in [3.8, 4) is 11.5 Å². The Balaban J connectivity index is 1.55. The third-order valence-corrected chi connectivity index (χ3v) is 5.05. The van der Waals surface area contributed by atoms with Gasteiger partial charge >= 0.3 is 0 Å². The van der Waals surface area contributed by atoms with E-state index in [-0.39, 0.29) is 11.8 Å². The summed E-state index contributed by atoms with van der Waals surface area (Å²) in [6, 6.07) is 15.9. The Labute approximate surface area is 176 Å². The summed E-state index contributed by atoms with van der Waals surface area (Å²) in [5.41, 5.74) is 2.64. The minimum Gasteiger partial charge on any atom is -0.493 e. The number of hydrogen-bond acceptors (Lipinski definition) is 5. The second-order valence-electron chi connectivity index (χ2n) is 7.60. The van der Waals surface area contributed by atoms with E-state index in [0.29, 0.717) is 42.8 Å². The van der Waals surface area contributed by atoms with Gasteiger partial charge < -0.3 is 24.7 Å². The summed E-state index contributed by atoms with van der Waals surface area (Å²) in [4.78, 5) is 22.1. The first-order valence-corrected chi connectivity index (χ1v) is 10.0. The van der Waals surface area contributed by atoms with Crippen molar-refractivity contribution in [2.75, 3.05) is 18.7 Å². The molecule has 2 heterocycles. The molecule has 7 heteroatoms. The summed E-state index contributed by atoms with van der Waals surface area (Å²) < 4.78 is 11.5. The quantitative estimate of drug-likeness (QED) is 0.623. The Bertz CT molecular complexity index is 1030. The molecule has 0 aliphatic carbocycles. The van der Waals surface area contributed by atoms with E-state index in [2.05, 4.69) is 15.3 Å². The summed E-state index contributed by atoms with van der Waals surface area (Å²) in [5, 5.41) is 2.90. The van der Waals surface area contributed by atoms with Crippen LogP contribution in [0.15, 0.2) is 48.5 Å². The monoisotopic (exact) mass is 406 g/mol. The van der Waals surface area contributed by atoms with Crippen molar-refractivity contribution in [3.63, 3.8) is 0 Å². The second kappa shape index (κ2) is 8.49. The standard InChI is InChI=1S/C23H26N4O3/c1-15(2)21-25-20-22(26-21)27(14-24-23(20)28)12-17-9-10-18(29-3)19(11-17)30-13-16-7-5-4-6-8-16/h4-11,15H,12-14H2,1-3H3,(H,24,28)(H,25,26). The number of anilines is 1. The number of rotatable bonds is 7. The van der Waals surface area contributed by atoms with E-state index in [0.717, 1.165) is 17.0 Å². The Morgan fingerprint density at radius 3 is 2.63 bits per heavy atom. The van der Waals surface area contributed by atoms with Crippen LogP contribution >= 0.6 is 0 Å². The molecule has 1 aromatic heterocycles. The van der Waals surface area contributed by atoms with E-state index in [4.69, 9.17) is 9.47 Å². The number of carbonyl (C=O) groups excluding carboxylic acids is 1. The highest BCUT2D eigenvalue weighted by atomic mass is 16.5. The average molecular weight is 406 g/mol. The summed E-state index contributed by atoms with van der Waals surface area (Å²) in [7, 11) is 1.63. The molecule has 30 heavy (non-hydrogen) atoms. The van der Waals surface area contributed by atoms with Crippen LogP contribution < -0.4 is 19.7 Å². The number of benzene rings is 2. The topological polar surface area (TPSA) is 79.5 Å². The van der Waals surface area contributed by atoms with Crippen LogP contribution in [-0.2, 0) is 13.2 Å². The van der Waals surface area contributed by atoms with Gasteiger partial charge in [0, 0.05) is 12.5 Å². The number of H-pyrrole nitrogens is 1. The molecule has 7 nitrogen and oxygen atoms in total. The van der Waals surface area contributed by atoms with Crippen molar-refractivity contribution in [1.82, 2.24) is 15.3 Å². The number of methoxy groups -OCH3 is 1. The fourth-order valence-electron chi connectivity index (χ4n) is 3.39. The molecule has 0 atom stereocenters. The molecule has 2 N–H and O–H groups in total. The summed E-state index contributed by atoms with van der Waals surface area (Å²) in [6.45, 7) is 5.54. The second-order valence-corrected chi connectivity index (χ2v) is 7.60. The number of carbonyl (C=O) groups is 1. The third-order valence-electron chi connectivity index (χ3n) is 5.05. The van der Waals surface area contributed by atoms with Crippen molar-refractivity contribution in [1.29, 1.82) is 0 Å². The molecule has 2 aromatic carbocycles. The van der Waals surface area contributed by atoms with Crippen LogP contribution in [0.1, 0.15) is 47.2 Å². The number of ether oxygens (including phenoxy) is 2. The molecule has 0 radical (unpaired) electrons. The van der Waals surface area contributed by atoms with Crippen LogP contribution in [0.5, 0.6) is 11.5 Å². The van der Waals surface area contributed by atoms with Gasteiger partial charge in [0.2, 0.25) is 0 Å². The van der Waals surface area contributed by atoms with E-state index < -0.39 is 0 Å². The van der Waals surface area contributed by atoms with Gasteiger partial charge in [-0.1, -0.05) is 50.2 Å². The lowest BCUT2D eigenvalue weighted by Crippen LogP contribution is -2.43. The van der Waals surface area contributed by atoms with Gasteiger partial charge in [0.05, 0.1) is 13.8 Å². The predicted molar refractivity (Wildman–Crippen MR) is 115 cm³/mol. The maximum absolute atomic E-state index is 12.2. The molecular formula is C23H26N4O3. The predicted octanol–water partition coefficient (Wildman–Crippen LogP) is 3.83. The van der Waals surface area contributed by atoms with Gasteiger partial charge in [-0.2, -0.15) is 0 Å². The van der Waals surface area contributed by atoms with Gasteiger partial charge in [0.15, 0.2) is 17.3 Å². The van der Waals surface area contributed by atoms with Crippen molar-refractivity contribution < 1.29 is 14.3 Å². The number of aromatic amines is 1. The fourth-order valence-corrected chi connectivity index (χ4v) is 3.39. The zero-order valence-corrected chi connectivity index (χ0v) is 17.4. The van der Waals surface area contributed by atoms with E-state index in [1.54, 1.807) is 7.11 Å². The Morgan fingerprint density at radius 1 is 1.10 bits per heavy atom. The van der Waals surface area contributed by atoms with E-state index in [9.17, 15) is 4.79 Å². The minimum absolute atomic E-state index is 0.123. The lowest BCUT2D eigenvalue weighted by Gasteiger charge is -2.27. The summed E-state index contributed by atoms with van der Waals surface area (Å²) >= 11 is 0. The van der Waals surface area contributed by atoms with Crippen molar-refractivity contribution in [2.45, 2.75) is 32.9 Å². The zero-order chi connectivity index (χ0) is 21.1. The highest BCUT2D eigenvalue weighted by Gasteiger charge is 2.28. The van der Waals surface area contributed by atoms with Crippen LogP contribution in [0.3, 0.4) is 0 Å². The maximum Gasteiger partial charge on any atom is 0.272 e. The van der Waals surface area contributed by atoms with E-state index >= 15 is 0 Å². The number of fused-ring (bicyclic) bond motifs is 1. The molecule has 3 aromatic rings. The van der Waals surface area contributed by atoms with Gasteiger partial charge in [-0.15, -0.1) is 0 Å². The molecule has 0 saturated carbocycles. The number of nitrogens with one attached hydrogen (secondary N) is 2. The summed E-state index contributed by atoms with van der Waals surface area (Å²) in [5.74, 6) is 2.95. The smallest absolute Gasteiger partial charge is 0.272 e. The first kappa shape index (κ1) is 19.8. The molecule has 0 saturated heterocycles. The molecule has 1 aliphatic rings. The third kappa shape index (κ3) is 4.10. The van der Waals surface area contributed by atoms with Crippen LogP contribution in [0.25, 0.3) is 0 Å². The SMILES string of the molecule is COc1ccc(CN2CNC(=O)c3[nH]c(C(C)C)nc32)cc1OCc1ccccc1. The largest absolute Gasteiger partial charge is 0.493 e. The molecule has 0 unspecified atom stereocenters. The highest BCUT2D eigenvalue weighted by Crippen LogP contribution is 2.31. The molecular weight excluding hydrogens is 380 g/mol. The Morgan fingerprint density at radius 2 is 1.90 bits per heavy atom. The minimum atomic E-state index is -0.123. The maximum atomic E-state index is 12.2. The van der Waals surface area contributed by atoms with Crippen LogP contribution in [0, 0.1) is 0 Å². The van der Waals surface area contributed by atoms with Gasteiger partial charge in [0.25, 0.3) is 5.91 Å². The first-order valence-electron chi connectivity index (χ1n) is 10.0. The number of imidazole rings is 1. The fraction of sp³-hybridized carbons (Fsp3) is 0.304. The van der Waals surface area contributed by atoms with Gasteiger partial charge in [0.1, 0.15) is 18.1 Å². The molecule has 1 amide bonds. The highest BCUT2D eigenvalue weighted by molar-refractivity contribution is 5.98. The van der Waals surface area contributed by atoms with E-state index in [1.807, 2.05) is 67.3 Å². The van der Waals surface area contributed by atoms with Crippen LogP contribution in [0.2, 0.25) is 0 Å². The normalized spacial score (nSPS) is 13.2. The number of hydrogen-bond donors (Lipinski definition) is 2. The summed E-state index contributed by atoms with van der Waals surface area (Å²) in [6.07, 6.45) is 0. The lowest BCUT2D eigenvalue weighted by atomic mass is 10.1. The molecule has 156 valence electrons. The number of amides is 1. The average Bonchev–Trinajstić information content (AvgIpc) is 3.22. The molecule has 0 fully saturated rings. The van der Waals surface area contributed by atoms with E-state index in [1.165, 1.54) is 0 Å². The van der Waals surface area contributed by atoms with Gasteiger partial charge in [-0.05, 0) is 23.3 Å². The Kier molecular flexibility index (Phi) is 5.61. The molecule has 0 bridgehead atoms. The zero-order valence-electron chi connectivity index (χ0n) is 17.4.